The van der Waals surface area contributed by atoms with Crippen LogP contribution >= 0.6 is 0 Å². The number of amides is 1. The highest BCUT2D eigenvalue weighted by Crippen LogP contribution is 2.45. The van der Waals surface area contributed by atoms with Crippen LogP contribution in [0.2, 0.25) is 0 Å². The Bertz CT molecular complexity index is 1330. The van der Waals surface area contributed by atoms with E-state index in [0.29, 0.717) is 28.1 Å². The number of ketones is 1. The maximum absolute atomic E-state index is 13.3. The number of ether oxygens (including phenoxy) is 1. The van der Waals surface area contributed by atoms with Crippen molar-refractivity contribution in [1.29, 1.82) is 5.26 Å². The molecule has 6 nitrogen and oxygen atoms in total. The summed E-state index contributed by atoms with van der Waals surface area (Å²) in [6.07, 6.45) is 0. The van der Waals surface area contributed by atoms with Crippen molar-refractivity contribution in [2.45, 2.75) is 19.9 Å². The molecule has 3 aromatic rings. The molecule has 1 unspecified atom stereocenters. The van der Waals surface area contributed by atoms with Gasteiger partial charge in [-0.15, -0.1) is 0 Å². The molecule has 1 amide bonds. The lowest BCUT2D eigenvalue weighted by atomic mass is 9.92. The van der Waals surface area contributed by atoms with Crippen molar-refractivity contribution in [3.05, 3.63) is 100 Å². The Morgan fingerprint density at radius 3 is 2.39 bits per heavy atom. The van der Waals surface area contributed by atoms with E-state index in [-0.39, 0.29) is 11.3 Å². The standard InChI is InChI=1S/C27H22N2O4/c1-16-8-9-17(2)21(14-16)25(30)23-24(20-6-4-5-7-22(20)33-3)29(27(32)26(23)31)19-12-10-18(15-28)11-13-19/h4-14,24,30H,1-3H3/b25-23+. The lowest BCUT2D eigenvalue weighted by Gasteiger charge is -2.26. The second-order valence-electron chi connectivity index (χ2n) is 7.89. The molecule has 1 heterocycles. The predicted molar refractivity (Wildman–Crippen MR) is 125 cm³/mol. The van der Waals surface area contributed by atoms with Gasteiger partial charge in [0.05, 0.1) is 30.4 Å². The number of Topliss-reactive ketones (excluding diaryl/α,β-unsaturated/α-hetero) is 1. The molecule has 4 rings (SSSR count). The summed E-state index contributed by atoms with van der Waals surface area (Å²) in [5, 5.41) is 20.5. The van der Waals surface area contributed by atoms with Gasteiger partial charge in [-0.3, -0.25) is 14.5 Å². The number of hydrogen-bond donors (Lipinski definition) is 1. The minimum atomic E-state index is -0.908. The smallest absolute Gasteiger partial charge is 0.300 e. The van der Waals surface area contributed by atoms with Crippen LogP contribution in [0.25, 0.3) is 5.76 Å². The van der Waals surface area contributed by atoms with Crippen LogP contribution in [-0.4, -0.2) is 23.9 Å². The van der Waals surface area contributed by atoms with E-state index in [1.54, 1.807) is 54.6 Å². The SMILES string of the molecule is COc1ccccc1C1/C(=C(\O)c2cc(C)ccc2C)C(=O)C(=O)N1c1ccc(C#N)cc1. The number of aliphatic hydroxyl groups is 1. The molecular formula is C27H22N2O4. The Kier molecular flexibility index (Phi) is 5.72. The molecule has 0 saturated carbocycles. The van der Waals surface area contributed by atoms with E-state index in [1.165, 1.54) is 12.0 Å². The van der Waals surface area contributed by atoms with Gasteiger partial charge in [-0.05, 0) is 55.8 Å². The number of para-hydroxylation sites is 1. The molecule has 0 spiro atoms. The Hall–Kier alpha value is -4.37. The van der Waals surface area contributed by atoms with Crippen LogP contribution in [-0.2, 0) is 9.59 Å². The van der Waals surface area contributed by atoms with Gasteiger partial charge in [0.25, 0.3) is 11.7 Å². The van der Waals surface area contributed by atoms with Crippen LogP contribution < -0.4 is 9.64 Å². The lowest BCUT2D eigenvalue weighted by Crippen LogP contribution is -2.29. The molecule has 164 valence electrons. The second-order valence-corrected chi connectivity index (χ2v) is 7.89. The zero-order valence-corrected chi connectivity index (χ0v) is 18.5. The first kappa shape index (κ1) is 21.8. The molecule has 1 N–H and O–H groups in total. The fourth-order valence-electron chi connectivity index (χ4n) is 4.12. The van der Waals surface area contributed by atoms with Crippen LogP contribution in [0.4, 0.5) is 5.69 Å². The fraction of sp³-hybridized carbons (Fsp3) is 0.148. The minimum Gasteiger partial charge on any atom is -0.507 e. The highest BCUT2D eigenvalue weighted by Gasteiger charge is 2.48. The maximum atomic E-state index is 13.3. The first-order valence-corrected chi connectivity index (χ1v) is 10.4. The van der Waals surface area contributed by atoms with E-state index in [2.05, 4.69) is 0 Å². The summed E-state index contributed by atoms with van der Waals surface area (Å²) in [4.78, 5) is 27.9. The van der Waals surface area contributed by atoms with Gasteiger partial charge in [0.2, 0.25) is 0 Å². The summed E-state index contributed by atoms with van der Waals surface area (Å²) in [7, 11) is 1.51. The zero-order valence-electron chi connectivity index (χ0n) is 18.5. The number of benzene rings is 3. The predicted octanol–water partition coefficient (Wildman–Crippen LogP) is 4.81. The molecule has 1 aliphatic rings. The summed E-state index contributed by atoms with van der Waals surface area (Å²) in [5.74, 6) is -1.30. The molecule has 0 bridgehead atoms. The number of methoxy groups -OCH3 is 1. The van der Waals surface area contributed by atoms with Crippen LogP contribution in [0.1, 0.15) is 33.9 Å². The highest BCUT2D eigenvalue weighted by molar-refractivity contribution is 6.51. The molecule has 1 fully saturated rings. The number of aliphatic hydroxyl groups excluding tert-OH is 1. The lowest BCUT2D eigenvalue weighted by molar-refractivity contribution is -0.132. The summed E-state index contributed by atoms with van der Waals surface area (Å²) in [6.45, 7) is 3.73. The van der Waals surface area contributed by atoms with Crippen LogP contribution in [0.15, 0.2) is 72.3 Å². The van der Waals surface area contributed by atoms with Gasteiger partial charge in [-0.2, -0.15) is 5.26 Å². The van der Waals surface area contributed by atoms with Gasteiger partial charge in [0.1, 0.15) is 11.5 Å². The van der Waals surface area contributed by atoms with Crippen LogP contribution in [0.3, 0.4) is 0 Å². The number of carbonyl (C=O) groups is 2. The summed E-state index contributed by atoms with van der Waals surface area (Å²) in [5.41, 5.74) is 3.61. The second kappa shape index (κ2) is 8.64. The van der Waals surface area contributed by atoms with Crippen molar-refractivity contribution in [2.24, 2.45) is 0 Å². The molecule has 3 aromatic carbocycles. The largest absolute Gasteiger partial charge is 0.507 e. The third-order valence-corrected chi connectivity index (χ3v) is 5.80. The van der Waals surface area contributed by atoms with E-state index >= 15 is 0 Å². The molecular weight excluding hydrogens is 416 g/mol. The van der Waals surface area contributed by atoms with Crippen molar-refractivity contribution in [2.75, 3.05) is 12.0 Å². The number of hydrogen-bond acceptors (Lipinski definition) is 5. The van der Waals surface area contributed by atoms with Gasteiger partial charge in [-0.25, -0.2) is 0 Å². The summed E-state index contributed by atoms with van der Waals surface area (Å²) in [6, 6.07) is 20.2. The quantitative estimate of drug-likeness (QED) is 0.359. The van der Waals surface area contributed by atoms with Crippen molar-refractivity contribution in [1.82, 2.24) is 0 Å². The van der Waals surface area contributed by atoms with Crippen LogP contribution in [0, 0.1) is 25.2 Å². The van der Waals surface area contributed by atoms with E-state index in [1.807, 2.05) is 32.0 Å². The molecule has 0 aromatic heterocycles. The number of rotatable bonds is 4. The van der Waals surface area contributed by atoms with Gasteiger partial charge in [0, 0.05) is 16.8 Å². The van der Waals surface area contributed by atoms with Crippen molar-refractivity contribution < 1.29 is 19.4 Å². The first-order valence-electron chi connectivity index (χ1n) is 10.4. The van der Waals surface area contributed by atoms with E-state index < -0.39 is 17.7 Å². The van der Waals surface area contributed by atoms with Gasteiger partial charge >= 0.3 is 0 Å². The molecule has 1 aliphatic heterocycles. The van der Waals surface area contributed by atoms with Crippen molar-refractivity contribution in [3.8, 4) is 11.8 Å². The topological polar surface area (TPSA) is 90.6 Å². The fourth-order valence-corrected chi connectivity index (χ4v) is 4.12. The van der Waals surface area contributed by atoms with Crippen LogP contribution in [0.5, 0.6) is 5.75 Å². The number of carbonyl (C=O) groups excluding carboxylic acids is 2. The van der Waals surface area contributed by atoms with Gasteiger partial charge in [-0.1, -0.05) is 35.9 Å². The Morgan fingerprint density at radius 1 is 1.03 bits per heavy atom. The number of nitriles is 1. The minimum absolute atomic E-state index is 0.0115. The highest BCUT2D eigenvalue weighted by atomic mass is 16.5. The van der Waals surface area contributed by atoms with E-state index in [4.69, 9.17) is 10.00 Å². The molecule has 33 heavy (non-hydrogen) atoms. The Balaban J connectivity index is 2.01. The molecule has 0 radical (unpaired) electrons. The Morgan fingerprint density at radius 2 is 1.73 bits per heavy atom. The van der Waals surface area contributed by atoms with Gasteiger partial charge < -0.3 is 9.84 Å². The molecule has 6 heteroatoms. The monoisotopic (exact) mass is 438 g/mol. The number of aryl methyl sites for hydroxylation is 2. The molecule has 0 aliphatic carbocycles. The zero-order chi connectivity index (χ0) is 23.7. The van der Waals surface area contributed by atoms with Gasteiger partial charge in [0.15, 0.2) is 0 Å². The summed E-state index contributed by atoms with van der Waals surface area (Å²) >= 11 is 0. The third-order valence-electron chi connectivity index (χ3n) is 5.80. The van der Waals surface area contributed by atoms with E-state index in [0.717, 1.165) is 11.1 Å². The average Bonchev–Trinajstić information content (AvgIpc) is 3.10. The normalized spacial score (nSPS) is 17.2. The number of anilines is 1. The maximum Gasteiger partial charge on any atom is 0.300 e. The molecule has 1 saturated heterocycles. The third kappa shape index (κ3) is 3.74. The van der Waals surface area contributed by atoms with Crippen molar-refractivity contribution >= 4 is 23.1 Å². The van der Waals surface area contributed by atoms with E-state index in [9.17, 15) is 14.7 Å². The summed E-state index contributed by atoms with van der Waals surface area (Å²) < 4.78 is 5.53. The average molecular weight is 438 g/mol. The first-order chi connectivity index (χ1) is 15.9. The van der Waals surface area contributed by atoms with Crippen molar-refractivity contribution in [3.63, 3.8) is 0 Å². The Labute approximate surface area is 192 Å². The number of nitrogens with zero attached hydrogens (tertiary/aromatic N) is 2. The molecule has 1 atom stereocenters.